The summed E-state index contributed by atoms with van der Waals surface area (Å²) >= 11 is 0. The molecule has 1 atom stereocenters. The fourth-order valence-electron chi connectivity index (χ4n) is 2.57. The summed E-state index contributed by atoms with van der Waals surface area (Å²) in [7, 11) is -0.426. The molecule has 10 heteroatoms. The highest BCUT2D eigenvalue weighted by molar-refractivity contribution is 7.91. The third kappa shape index (κ3) is 3.64. The van der Waals surface area contributed by atoms with E-state index in [1.54, 1.807) is 13.2 Å². The zero-order chi connectivity index (χ0) is 15.6. The van der Waals surface area contributed by atoms with Crippen molar-refractivity contribution in [2.45, 2.75) is 18.9 Å². The van der Waals surface area contributed by atoms with Gasteiger partial charge in [-0.15, -0.1) is 0 Å². The number of primary amides is 1. The molecule has 0 aliphatic carbocycles. The molecule has 21 heavy (non-hydrogen) atoms. The maximum Gasteiger partial charge on any atom is 0.327 e. The number of aryl methyl sites for hydroxylation is 1. The molecule has 2 heterocycles. The van der Waals surface area contributed by atoms with Crippen LogP contribution in [-0.4, -0.2) is 55.3 Å². The average molecular weight is 316 g/mol. The molecule has 1 aliphatic heterocycles. The summed E-state index contributed by atoms with van der Waals surface area (Å²) in [6.45, 7) is 1.50. The number of nitrogens with two attached hydrogens (primary N) is 1. The quantitative estimate of drug-likeness (QED) is 0.757. The first kappa shape index (κ1) is 15.6. The van der Waals surface area contributed by atoms with Crippen LogP contribution in [0.3, 0.4) is 0 Å². The normalized spacial score (nSPS) is 20.2. The lowest BCUT2D eigenvalue weighted by Crippen LogP contribution is -2.54. The van der Waals surface area contributed by atoms with Gasteiger partial charge >= 0.3 is 16.2 Å². The second kappa shape index (κ2) is 5.90. The minimum absolute atomic E-state index is 0.273. The van der Waals surface area contributed by atoms with Crippen LogP contribution >= 0.6 is 0 Å². The highest BCUT2D eigenvalue weighted by atomic mass is 32.2. The van der Waals surface area contributed by atoms with E-state index in [4.69, 9.17) is 5.73 Å². The first-order valence-corrected chi connectivity index (χ1v) is 8.02. The fourth-order valence-corrected chi connectivity index (χ4v) is 3.86. The van der Waals surface area contributed by atoms with Crippen LogP contribution < -0.4 is 14.8 Å². The lowest BCUT2D eigenvalue weighted by Gasteiger charge is -2.37. The average Bonchev–Trinajstić information content (AvgIpc) is 2.73. The maximum atomic E-state index is 12.4. The molecule has 0 radical (unpaired) electrons. The first-order chi connectivity index (χ1) is 9.79. The van der Waals surface area contributed by atoms with Crippen molar-refractivity contribution in [3.05, 3.63) is 12.4 Å². The number of nitrogens with zero attached hydrogens (tertiary/aromatic N) is 4. The molecule has 1 fully saturated rings. The van der Waals surface area contributed by atoms with Crippen LogP contribution in [0.4, 0.5) is 10.5 Å². The summed E-state index contributed by atoms with van der Waals surface area (Å²) < 4.78 is 29.4. The summed E-state index contributed by atoms with van der Waals surface area (Å²) in [5.41, 5.74) is 5.38. The molecule has 1 aromatic rings. The summed E-state index contributed by atoms with van der Waals surface area (Å²) in [5.74, 6) is 0. The first-order valence-electron chi connectivity index (χ1n) is 6.58. The van der Waals surface area contributed by atoms with Crippen molar-refractivity contribution < 1.29 is 13.2 Å². The minimum atomic E-state index is -4.06. The van der Waals surface area contributed by atoms with Crippen LogP contribution in [-0.2, 0) is 17.3 Å². The van der Waals surface area contributed by atoms with E-state index in [1.807, 2.05) is 11.8 Å². The molecule has 9 nitrogen and oxygen atoms in total. The second-order valence-electron chi connectivity index (χ2n) is 5.20. The van der Waals surface area contributed by atoms with Crippen molar-refractivity contribution in [2.75, 3.05) is 24.4 Å². The highest BCUT2D eigenvalue weighted by Gasteiger charge is 2.34. The lowest BCUT2D eigenvalue weighted by atomic mass is 10.1. The van der Waals surface area contributed by atoms with Crippen LogP contribution in [0.2, 0.25) is 0 Å². The van der Waals surface area contributed by atoms with Crippen molar-refractivity contribution in [1.82, 2.24) is 19.4 Å². The number of rotatable bonds is 4. The minimum Gasteiger partial charge on any atom is -0.351 e. The van der Waals surface area contributed by atoms with Gasteiger partial charge in [-0.1, -0.05) is 0 Å². The van der Waals surface area contributed by atoms with Crippen molar-refractivity contribution in [3.63, 3.8) is 0 Å². The molecule has 0 aromatic carbocycles. The maximum absolute atomic E-state index is 12.4. The molecular formula is C11H20N6O3S. The number of carbonyl (C=O) groups is 1. The number of aromatic nitrogens is 2. The van der Waals surface area contributed by atoms with Gasteiger partial charge < -0.3 is 10.6 Å². The van der Waals surface area contributed by atoms with Gasteiger partial charge in [-0.3, -0.25) is 4.68 Å². The smallest absolute Gasteiger partial charge is 0.327 e. The molecule has 1 saturated heterocycles. The number of nitrogens with one attached hydrogen (secondary N) is 1. The molecule has 0 saturated carbocycles. The molecular weight excluding hydrogens is 296 g/mol. The van der Waals surface area contributed by atoms with Crippen LogP contribution in [0.25, 0.3) is 0 Å². The summed E-state index contributed by atoms with van der Waals surface area (Å²) in [6.07, 6.45) is 4.63. The summed E-state index contributed by atoms with van der Waals surface area (Å²) in [4.78, 5) is 13.0. The summed E-state index contributed by atoms with van der Waals surface area (Å²) in [5, 5.41) is 4.00. The number of likely N-dealkylation sites (tertiary alicyclic amines) is 1. The number of carbonyl (C=O) groups excluding carboxylic acids is 1. The Labute approximate surface area is 123 Å². The van der Waals surface area contributed by atoms with Crippen LogP contribution in [0.5, 0.6) is 0 Å². The Morgan fingerprint density at radius 1 is 1.52 bits per heavy atom. The van der Waals surface area contributed by atoms with E-state index in [-0.39, 0.29) is 6.04 Å². The van der Waals surface area contributed by atoms with Gasteiger partial charge in [0.05, 0.1) is 17.9 Å². The van der Waals surface area contributed by atoms with Crippen LogP contribution in [0.1, 0.15) is 12.8 Å². The van der Waals surface area contributed by atoms with Crippen LogP contribution in [0.15, 0.2) is 12.4 Å². The number of likely N-dealkylation sites (N-methyl/N-ethyl adjacent to an activating group) is 1. The van der Waals surface area contributed by atoms with E-state index < -0.39 is 16.2 Å². The van der Waals surface area contributed by atoms with Crippen molar-refractivity contribution >= 4 is 21.9 Å². The van der Waals surface area contributed by atoms with E-state index in [9.17, 15) is 13.2 Å². The topological polar surface area (TPSA) is 114 Å². The zero-order valence-electron chi connectivity index (χ0n) is 12.1. The van der Waals surface area contributed by atoms with E-state index in [0.717, 1.165) is 13.0 Å². The van der Waals surface area contributed by atoms with Gasteiger partial charge in [-0.2, -0.15) is 13.5 Å². The van der Waals surface area contributed by atoms with E-state index in [0.29, 0.717) is 18.7 Å². The standard InChI is InChI=1S/C11H20N6O3S/c1-15-5-3-4-9(7-15)17(10-6-13-16(2)8-10)21(19,20)14-11(12)18/h6,8-9H,3-5,7H2,1-2H3,(H3,12,14,18)/t9-/m0/s1. The monoisotopic (exact) mass is 316 g/mol. The Hall–Kier alpha value is -1.81. The van der Waals surface area contributed by atoms with Gasteiger partial charge in [0.25, 0.3) is 0 Å². The Morgan fingerprint density at radius 3 is 2.76 bits per heavy atom. The Bertz CT molecular complexity index is 613. The molecule has 0 bridgehead atoms. The van der Waals surface area contributed by atoms with Gasteiger partial charge in [0.15, 0.2) is 0 Å². The lowest BCUT2D eigenvalue weighted by molar-refractivity contribution is 0.250. The van der Waals surface area contributed by atoms with Crippen molar-refractivity contribution in [2.24, 2.45) is 12.8 Å². The molecule has 0 unspecified atom stereocenters. The number of hydrogen-bond donors (Lipinski definition) is 2. The zero-order valence-corrected chi connectivity index (χ0v) is 12.9. The van der Waals surface area contributed by atoms with E-state index >= 15 is 0 Å². The molecule has 3 N–H and O–H groups in total. The second-order valence-corrected chi connectivity index (χ2v) is 6.75. The highest BCUT2D eigenvalue weighted by Crippen LogP contribution is 2.24. The molecule has 1 aliphatic rings. The third-order valence-electron chi connectivity index (χ3n) is 3.37. The van der Waals surface area contributed by atoms with Crippen molar-refractivity contribution in [1.29, 1.82) is 0 Å². The van der Waals surface area contributed by atoms with Crippen molar-refractivity contribution in [3.8, 4) is 0 Å². The SMILES string of the molecule is CN1CCC[C@H](N(c2cnn(C)c2)S(=O)(=O)NC(N)=O)C1. The Kier molecular flexibility index (Phi) is 4.37. The Morgan fingerprint density at radius 2 is 2.24 bits per heavy atom. The van der Waals surface area contributed by atoms with Gasteiger partial charge in [0.1, 0.15) is 0 Å². The summed E-state index contributed by atoms with van der Waals surface area (Å²) in [6, 6.07) is -1.38. The number of anilines is 1. The molecule has 0 spiro atoms. The predicted molar refractivity (Wildman–Crippen MR) is 77.8 cm³/mol. The number of piperidine rings is 1. The number of hydrogen-bond acceptors (Lipinski definition) is 5. The number of amides is 2. The predicted octanol–water partition coefficient (Wildman–Crippen LogP) is -0.766. The molecule has 2 amide bonds. The van der Waals surface area contributed by atoms with Gasteiger partial charge in [-0.25, -0.2) is 13.8 Å². The Balaban J connectivity index is 2.37. The number of urea groups is 1. The van der Waals surface area contributed by atoms with Gasteiger partial charge in [0, 0.05) is 19.8 Å². The van der Waals surface area contributed by atoms with Gasteiger partial charge in [0.2, 0.25) is 0 Å². The third-order valence-corrected chi connectivity index (χ3v) is 4.85. The van der Waals surface area contributed by atoms with E-state index in [2.05, 4.69) is 10.00 Å². The molecule has 1 aromatic heterocycles. The molecule has 118 valence electrons. The fraction of sp³-hybridized carbons (Fsp3) is 0.636. The largest absolute Gasteiger partial charge is 0.351 e. The van der Waals surface area contributed by atoms with Crippen LogP contribution in [0, 0.1) is 0 Å². The van der Waals surface area contributed by atoms with Gasteiger partial charge in [-0.05, 0) is 26.4 Å². The molecule has 2 rings (SSSR count). The van der Waals surface area contributed by atoms with E-state index in [1.165, 1.54) is 15.2 Å².